The third kappa shape index (κ3) is 4.29. The van der Waals surface area contributed by atoms with E-state index in [1.54, 1.807) is 24.8 Å². The van der Waals surface area contributed by atoms with Gasteiger partial charge in [-0.2, -0.15) is 0 Å². The van der Waals surface area contributed by atoms with Gasteiger partial charge in [0.1, 0.15) is 11.5 Å². The number of halogens is 2. The molecule has 0 atom stereocenters. The number of hydrogen-bond donors (Lipinski definition) is 0. The summed E-state index contributed by atoms with van der Waals surface area (Å²) >= 11 is 0. The van der Waals surface area contributed by atoms with Crippen molar-refractivity contribution in [3.63, 3.8) is 0 Å². The largest absolute Gasteiger partial charge is 0.525 e. The molecule has 1 aromatic carbocycles. The van der Waals surface area contributed by atoms with E-state index in [0.717, 1.165) is 6.08 Å². The molecule has 27 heavy (non-hydrogen) atoms. The number of hydrogen-bond acceptors (Lipinski definition) is 3. The van der Waals surface area contributed by atoms with Crippen LogP contribution in [0.25, 0.3) is 6.08 Å². The lowest BCUT2D eigenvalue weighted by Crippen LogP contribution is -2.41. The predicted octanol–water partition coefficient (Wildman–Crippen LogP) is 4.02. The van der Waals surface area contributed by atoms with Gasteiger partial charge in [-0.25, -0.2) is 13.8 Å². The van der Waals surface area contributed by atoms with Gasteiger partial charge in [0.15, 0.2) is 0 Å². The molecule has 0 bridgehead atoms. The number of nitrogens with zero attached hydrogens (tertiary/aromatic N) is 2. The Kier molecular flexibility index (Phi) is 5.23. The van der Waals surface area contributed by atoms with E-state index in [1.165, 1.54) is 12.1 Å². The van der Waals surface area contributed by atoms with Crippen molar-refractivity contribution in [1.29, 1.82) is 0 Å². The van der Waals surface area contributed by atoms with Gasteiger partial charge in [-0.3, -0.25) is 0 Å². The first-order valence-electron chi connectivity index (χ1n) is 8.65. The van der Waals surface area contributed by atoms with Gasteiger partial charge in [0.25, 0.3) is 0 Å². The smallest absolute Gasteiger partial charge is 0.398 e. The van der Waals surface area contributed by atoms with Crippen molar-refractivity contribution in [3.8, 4) is 11.8 Å². The second kappa shape index (κ2) is 7.30. The second-order valence-corrected chi connectivity index (χ2v) is 7.39. The van der Waals surface area contributed by atoms with E-state index in [-0.39, 0.29) is 5.56 Å². The minimum Gasteiger partial charge on any atom is -0.398 e. The maximum atomic E-state index is 14.6. The lowest BCUT2D eigenvalue weighted by molar-refractivity contribution is 0.00578. The summed E-state index contributed by atoms with van der Waals surface area (Å²) in [6.45, 7) is 7.79. The van der Waals surface area contributed by atoms with Gasteiger partial charge in [0.2, 0.25) is 0 Å². The summed E-state index contributed by atoms with van der Waals surface area (Å²) in [5.74, 6) is 5.37. The number of aromatic nitrogens is 2. The highest BCUT2D eigenvalue weighted by atomic mass is 19.1. The van der Waals surface area contributed by atoms with Crippen LogP contribution < -0.4 is 0 Å². The molecule has 0 amide bonds. The zero-order chi connectivity index (χ0) is 19.7. The fourth-order valence-electron chi connectivity index (χ4n) is 2.52. The molecule has 0 radical (unpaired) electrons. The molecule has 1 fully saturated rings. The predicted molar refractivity (Wildman–Crippen MR) is 101 cm³/mol. The average molecular weight is 370 g/mol. The van der Waals surface area contributed by atoms with Gasteiger partial charge in [0, 0.05) is 23.5 Å². The number of imidazole rings is 1. The number of rotatable bonds is 3. The Hall–Kier alpha value is -2.43. The van der Waals surface area contributed by atoms with Gasteiger partial charge in [-0.15, -0.1) is 0 Å². The maximum absolute atomic E-state index is 14.6. The molecule has 0 aliphatic carbocycles. The van der Waals surface area contributed by atoms with Crippen LogP contribution >= 0.6 is 0 Å². The highest BCUT2D eigenvalue weighted by molar-refractivity contribution is 6.54. The Balaban J connectivity index is 1.78. The molecule has 2 aromatic rings. The zero-order valence-electron chi connectivity index (χ0n) is 15.8. The standard InChI is InChI=1S/C20H21BF2N2O2/c1-19(2)20(3,4)27-21(26-19)18(23)13-16-12-15(7-8-17(16)22)6-5-10-25-11-9-24-14-25/h7-9,11-14H,10H2,1-4H3. The first-order valence-corrected chi connectivity index (χ1v) is 8.65. The van der Waals surface area contributed by atoms with Crippen LogP contribution in [0.5, 0.6) is 0 Å². The second-order valence-electron chi connectivity index (χ2n) is 7.39. The summed E-state index contributed by atoms with van der Waals surface area (Å²) in [5.41, 5.74) is -1.33. The van der Waals surface area contributed by atoms with Gasteiger partial charge >= 0.3 is 7.12 Å². The van der Waals surface area contributed by atoms with Crippen molar-refractivity contribution in [2.24, 2.45) is 0 Å². The molecule has 1 aromatic heterocycles. The van der Waals surface area contributed by atoms with E-state index in [9.17, 15) is 8.78 Å². The molecule has 140 valence electrons. The Morgan fingerprint density at radius 2 is 1.96 bits per heavy atom. The molecule has 1 aliphatic heterocycles. The van der Waals surface area contributed by atoms with Gasteiger partial charge in [0.05, 0.1) is 24.1 Å². The first-order chi connectivity index (χ1) is 12.7. The van der Waals surface area contributed by atoms with Crippen LogP contribution in [0, 0.1) is 17.7 Å². The van der Waals surface area contributed by atoms with E-state index < -0.39 is 29.9 Å². The summed E-state index contributed by atoms with van der Waals surface area (Å²) < 4.78 is 41.9. The average Bonchev–Trinajstić information content (AvgIpc) is 3.16. The molecule has 0 spiro atoms. The van der Waals surface area contributed by atoms with E-state index in [2.05, 4.69) is 16.8 Å². The summed E-state index contributed by atoms with van der Waals surface area (Å²) in [7, 11) is -1.16. The summed E-state index contributed by atoms with van der Waals surface area (Å²) in [6.07, 6.45) is 6.22. The monoisotopic (exact) mass is 370 g/mol. The fraction of sp³-hybridized carbons (Fsp3) is 0.350. The Morgan fingerprint density at radius 3 is 2.59 bits per heavy atom. The maximum Gasteiger partial charge on any atom is 0.525 e. The van der Waals surface area contributed by atoms with Crippen LogP contribution in [0.15, 0.2) is 42.6 Å². The summed E-state index contributed by atoms with van der Waals surface area (Å²) in [5, 5.41) is 0. The van der Waals surface area contributed by atoms with Crippen molar-refractivity contribution in [2.45, 2.75) is 45.4 Å². The Labute approximate surface area is 158 Å². The fourth-order valence-corrected chi connectivity index (χ4v) is 2.52. The van der Waals surface area contributed by atoms with E-state index in [0.29, 0.717) is 12.1 Å². The van der Waals surface area contributed by atoms with Crippen molar-refractivity contribution in [1.82, 2.24) is 9.55 Å². The minimum absolute atomic E-state index is 0.0941. The summed E-state index contributed by atoms with van der Waals surface area (Å²) in [4.78, 5) is 3.94. The van der Waals surface area contributed by atoms with Crippen LogP contribution in [-0.2, 0) is 15.9 Å². The first kappa shape index (κ1) is 19.3. The minimum atomic E-state index is -1.16. The normalized spacial score (nSPS) is 18.3. The molecule has 0 N–H and O–H groups in total. The van der Waals surface area contributed by atoms with Crippen LogP contribution in [-0.4, -0.2) is 27.9 Å². The quantitative estimate of drug-likeness (QED) is 0.605. The van der Waals surface area contributed by atoms with Gasteiger partial charge in [-0.1, -0.05) is 11.8 Å². The highest BCUT2D eigenvalue weighted by Crippen LogP contribution is 2.39. The third-order valence-electron chi connectivity index (χ3n) is 4.82. The zero-order valence-corrected chi connectivity index (χ0v) is 15.8. The molecule has 4 nitrogen and oxygen atoms in total. The van der Waals surface area contributed by atoms with E-state index >= 15 is 0 Å². The lowest BCUT2D eigenvalue weighted by atomic mass is 9.86. The van der Waals surface area contributed by atoms with E-state index in [4.69, 9.17) is 9.31 Å². The van der Waals surface area contributed by atoms with E-state index in [1.807, 2.05) is 32.3 Å². The van der Waals surface area contributed by atoms with Gasteiger partial charge < -0.3 is 13.9 Å². The van der Waals surface area contributed by atoms with Crippen molar-refractivity contribution >= 4 is 13.2 Å². The molecule has 7 heteroatoms. The lowest BCUT2D eigenvalue weighted by Gasteiger charge is -2.32. The van der Waals surface area contributed by atoms with Crippen molar-refractivity contribution in [2.75, 3.05) is 0 Å². The molecular weight excluding hydrogens is 349 g/mol. The molecule has 0 unspecified atom stereocenters. The number of benzene rings is 1. The molecular formula is C20H21BF2N2O2. The molecule has 1 aliphatic rings. The van der Waals surface area contributed by atoms with Crippen LogP contribution in [0.4, 0.5) is 8.78 Å². The SMILES string of the molecule is CC1(C)OB(C(F)=Cc2cc(C#CCn3ccnc3)ccc2F)OC1(C)C. The molecule has 0 saturated carbocycles. The topological polar surface area (TPSA) is 36.3 Å². The molecule has 1 saturated heterocycles. The van der Waals surface area contributed by atoms with Crippen LogP contribution in [0.2, 0.25) is 0 Å². The van der Waals surface area contributed by atoms with Gasteiger partial charge in [-0.05, 0) is 52.0 Å². The van der Waals surface area contributed by atoms with Crippen LogP contribution in [0.1, 0.15) is 38.8 Å². The summed E-state index contributed by atoms with van der Waals surface area (Å²) in [6, 6.07) is 4.33. The third-order valence-corrected chi connectivity index (χ3v) is 4.82. The molecule has 2 heterocycles. The van der Waals surface area contributed by atoms with Crippen molar-refractivity contribution < 1.29 is 18.1 Å². The highest BCUT2D eigenvalue weighted by Gasteiger charge is 2.53. The molecule has 3 rings (SSSR count). The van der Waals surface area contributed by atoms with Crippen molar-refractivity contribution in [3.05, 3.63) is 59.6 Å². The Morgan fingerprint density at radius 1 is 1.26 bits per heavy atom. The van der Waals surface area contributed by atoms with Crippen LogP contribution in [0.3, 0.4) is 0 Å². The Bertz CT molecular complexity index is 896.